The zero-order chi connectivity index (χ0) is 18.9. The van der Waals surface area contributed by atoms with Crippen molar-refractivity contribution < 1.29 is 19.1 Å². The topological polar surface area (TPSA) is 54.4 Å². The second-order valence-electron chi connectivity index (χ2n) is 7.51. The second kappa shape index (κ2) is 7.16. The fourth-order valence-corrected chi connectivity index (χ4v) is 4.18. The predicted octanol–water partition coefficient (Wildman–Crippen LogP) is 5.45. The highest BCUT2D eigenvalue weighted by atomic mass is 32.1. The number of thiophene rings is 1. The van der Waals surface area contributed by atoms with Crippen molar-refractivity contribution in [3.8, 4) is 0 Å². The molecule has 0 fully saturated rings. The van der Waals surface area contributed by atoms with Gasteiger partial charge in [0.25, 0.3) is 0 Å². The number of rotatable bonds is 5. The number of Topliss-reactive ketones (excluding diaryl/α,β-unsaturated/α-hetero) is 2. The van der Waals surface area contributed by atoms with Gasteiger partial charge in [-0.1, -0.05) is 32.0 Å². The number of benzene rings is 1. The largest absolute Gasteiger partial charge is 0.512 e. The van der Waals surface area contributed by atoms with Crippen LogP contribution in [0.5, 0.6) is 0 Å². The Hall–Kier alpha value is -2.27. The molecule has 3 rings (SSSR count). The number of aliphatic hydroxyl groups excluding tert-OH is 1. The number of carbonyl (C=O) groups excluding carboxylic acids is 2. The highest BCUT2D eigenvalue weighted by Gasteiger charge is 2.37. The van der Waals surface area contributed by atoms with E-state index in [0.29, 0.717) is 28.9 Å². The molecule has 5 heteroatoms. The van der Waals surface area contributed by atoms with Gasteiger partial charge in [0.05, 0.1) is 4.88 Å². The van der Waals surface area contributed by atoms with Crippen LogP contribution in [0.1, 0.15) is 54.3 Å². The number of hydrogen-bond donors (Lipinski definition) is 1. The smallest absolute Gasteiger partial charge is 0.173 e. The Morgan fingerprint density at radius 2 is 1.92 bits per heavy atom. The number of carbonyl (C=O) groups is 2. The summed E-state index contributed by atoms with van der Waals surface area (Å²) in [5.41, 5.74) is 0.641. The molecule has 0 saturated carbocycles. The van der Waals surface area contributed by atoms with Crippen LogP contribution >= 0.6 is 11.3 Å². The van der Waals surface area contributed by atoms with Crippen LogP contribution in [0.15, 0.2) is 53.1 Å². The minimum atomic E-state index is -0.575. The number of aliphatic hydroxyl groups is 1. The van der Waals surface area contributed by atoms with Crippen LogP contribution in [0.3, 0.4) is 0 Å². The average Bonchev–Trinajstić information content (AvgIpc) is 3.07. The lowest BCUT2D eigenvalue weighted by Crippen LogP contribution is -2.29. The number of hydrogen-bond acceptors (Lipinski definition) is 4. The van der Waals surface area contributed by atoms with Crippen molar-refractivity contribution in [1.29, 1.82) is 0 Å². The van der Waals surface area contributed by atoms with Gasteiger partial charge in [-0.05, 0) is 34.6 Å². The Bertz CT molecular complexity index is 848. The summed E-state index contributed by atoms with van der Waals surface area (Å²) in [6, 6.07) is 9.33. The van der Waals surface area contributed by atoms with Crippen molar-refractivity contribution in [2.45, 2.75) is 39.0 Å². The minimum Gasteiger partial charge on any atom is -0.512 e. The Morgan fingerprint density at radius 3 is 2.50 bits per heavy atom. The van der Waals surface area contributed by atoms with Crippen LogP contribution in [-0.2, 0) is 4.79 Å². The Morgan fingerprint density at radius 1 is 1.23 bits per heavy atom. The third kappa shape index (κ3) is 3.93. The molecule has 1 aliphatic rings. The van der Waals surface area contributed by atoms with Crippen LogP contribution in [0.25, 0.3) is 0 Å². The van der Waals surface area contributed by atoms with Gasteiger partial charge in [0, 0.05) is 30.8 Å². The highest BCUT2D eigenvalue weighted by molar-refractivity contribution is 7.12. The predicted molar refractivity (Wildman–Crippen MR) is 100 cm³/mol. The van der Waals surface area contributed by atoms with Crippen LogP contribution < -0.4 is 0 Å². The van der Waals surface area contributed by atoms with E-state index in [1.807, 2.05) is 19.2 Å². The summed E-state index contributed by atoms with van der Waals surface area (Å²) in [4.78, 5) is 26.0. The first kappa shape index (κ1) is 18.5. The molecule has 1 atom stereocenters. The van der Waals surface area contributed by atoms with Gasteiger partial charge in [-0.2, -0.15) is 0 Å². The maximum absolute atomic E-state index is 13.3. The first-order valence-electron chi connectivity index (χ1n) is 8.54. The number of allylic oxidation sites excluding steroid dienone is 2. The molecule has 0 amide bonds. The van der Waals surface area contributed by atoms with E-state index < -0.39 is 5.92 Å². The maximum atomic E-state index is 13.3. The van der Waals surface area contributed by atoms with Gasteiger partial charge in [0.15, 0.2) is 11.6 Å². The minimum absolute atomic E-state index is 0.0413. The summed E-state index contributed by atoms with van der Waals surface area (Å²) in [7, 11) is 0. The molecule has 2 aromatic rings. The molecule has 0 aliphatic heterocycles. The summed E-state index contributed by atoms with van der Waals surface area (Å²) >= 11 is 1.35. The van der Waals surface area contributed by atoms with E-state index in [4.69, 9.17) is 0 Å². The van der Waals surface area contributed by atoms with E-state index >= 15 is 0 Å². The molecule has 3 nitrogen and oxygen atoms in total. The van der Waals surface area contributed by atoms with E-state index in [-0.39, 0.29) is 35.0 Å². The molecule has 1 aromatic carbocycles. The van der Waals surface area contributed by atoms with E-state index in [1.54, 1.807) is 24.3 Å². The van der Waals surface area contributed by atoms with Gasteiger partial charge >= 0.3 is 0 Å². The average molecular weight is 372 g/mol. The van der Waals surface area contributed by atoms with Gasteiger partial charge in [-0.25, -0.2) is 4.39 Å². The molecule has 0 spiro atoms. The molecular formula is C21H21FO3S. The molecule has 136 valence electrons. The molecule has 0 radical (unpaired) electrons. The SMILES string of the molecule is CC1(C)CC(=O)C(C(CC(=O)c2cccs2)c2ccc(F)cc2)=C(O)C1. The Kier molecular flexibility index (Phi) is 5.10. The van der Waals surface area contributed by atoms with Crippen molar-refractivity contribution in [2.75, 3.05) is 0 Å². The first-order chi connectivity index (χ1) is 12.3. The monoisotopic (exact) mass is 372 g/mol. The summed E-state index contributed by atoms with van der Waals surface area (Å²) in [5, 5.41) is 12.4. The van der Waals surface area contributed by atoms with Crippen LogP contribution in [0.2, 0.25) is 0 Å². The molecule has 26 heavy (non-hydrogen) atoms. The van der Waals surface area contributed by atoms with Crippen molar-refractivity contribution >= 4 is 22.9 Å². The van der Waals surface area contributed by atoms with Crippen molar-refractivity contribution in [3.05, 3.63) is 69.4 Å². The third-order valence-corrected chi connectivity index (χ3v) is 5.61. The molecule has 0 bridgehead atoms. The Labute approximate surface area is 156 Å². The normalized spacial score (nSPS) is 18.0. The van der Waals surface area contributed by atoms with Crippen molar-refractivity contribution in [2.24, 2.45) is 5.41 Å². The first-order valence-corrected chi connectivity index (χ1v) is 9.42. The molecule has 1 aliphatic carbocycles. The quantitative estimate of drug-likeness (QED) is 0.711. The second-order valence-corrected chi connectivity index (χ2v) is 8.46. The number of ketones is 2. The molecule has 1 unspecified atom stereocenters. The zero-order valence-corrected chi connectivity index (χ0v) is 15.6. The maximum Gasteiger partial charge on any atom is 0.173 e. The molecule has 1 aromatic heterocycles. The van der Waals surface area contributed by atoms with E-state index in [1.165, 1.54) is 23.5 Å². The van der Waals surface area contributed by atoms with E-state index in [2.05, 4.69) is 0 Å². The summed E-state index contributed by atoms with van der Waals surface area (Å²) in [6.45, 7) is 3.86. The van der Waals surface area contributed by atoms with E-state index in [9.17, 15) is 19.1 Å². The van der Waals surface area contributed by atoms with Gasteiger partial charge in [-0.15, -0.1) is 11.3 Å². The van der Waals surface area contributed by atoms with Gasteiger partial charge in [0.1, 0.15) is 11.6 Å². The van der Waals surface area contributed by atoms with Crippen molar-refractivity contribution in [3.63, 3.8) is 0 Å². The fraction of sp³-hybridized carbons (Fsp3) is 0.333. The standard InChI is InChI=1S/C21H21FO3S/c1-21(2)11-17(24)20(18(25)12-21)15(13-5-7-14(22)8-6-13)10-16(23)19-4-3-9-26-19/h3-9,15,24H,10-12H2,1-2H3. The third-order valence-electron chi connectivity index (χ3n) is 4.70. The van der Waals surface area contributed by atoms with Crippen molar-refractivity contribution in [1.82, 2.24) is 0 Å². The summed E-state index contributed by atoms with van der Waals surface area (Å²) in [5.74, 6) is -1.15. The molecular weight excluding hydrogens is 351 g/mol. The zero-order valence-electron chi connectivity index (χ0n) is 14.8. The lowest BCUT2D eigenvalue weighted by molar-refractivity contribution is -0.118. The number of halogens is 1. The van der Waals surface area contributed by atoms with Crippen LogP contribution in [0.4, 0.5) is 4.39 Å². The summed E-state index contributed by atoms with van der Waals surface area (Å²) < 4.78 is 13.3. The fourth-order valence-electron chi connectivity index (χ4n) is 3.50. The van der Waals surface area contributed by atoms with Gasteiger partial charge in [-0.3, -0.25) is 9.59 Å². The molecule has 0 saturated heterocycles. The Balaban J connectivity index is 2.01. The lowest BCUT2D eigenvalue weighted by atomic mass is 9.71. The molecule has 1 heterocycles. The highest BCUT2D eigenvalue weighted by Crippen LogP contribution is 2.42. The molecule has 1 N–H and O–H groups in total. The van der Waals surface area contributed by atoms with Gasteiger partial charge in [0.2, 0.25) is 0 Å². The lowest BCUT2D eigenvalue weighted by Gasteiger charge is -2.32. The van der Waals surface area contributed by atoms with Crippen LogP contribution in [-0.4, -0.2) is 16.7 Å². The summed E-state index contributed by atoms with van der Waals surface area (Å²) in [6.07, 6.45) is 0.772. The van der Waals surface area contributed by atoms with Gasteiger partial charge < -0.3 is 5.11 Å². The van der Waals surface area contributed by atoms with E-state index in [0.717, 1.165) is 0 Å². The van der Waals surface area contributed by atoms with Crippen LogP contribution in [0, 0.1) is 11.2 Å².